The number of carbonyl (C=O) groups is 1. The van der Waals surface area contributed by atoms with E-state index < -0.39 is 0 Å². The number of halogens is 2. The maximum Gasteiger partial charge on any atom is 0.259 e. The van der Waals surface area contributed by atoms with Crippen molar-refractivity contribution in [2.75, 3.05) is 20.1 Å². The molecule has 8 heteroatoms. The van der Waals surface area contributed by atoms with E-state index in [1.165, 1.54) is 11.1 Å². The molecule has 1 amide bonds. The van der Waals surface area contributed by atoms with Crippen molar-refractivity contribution in [3.05, 3.63) is 45.6 Å². The molecule has 6 nitrogen and oxygen atoms in total. The third-order valence-electron chi connectivity index (χ3n) is 5.32. The molecule has 1 aliphatic rings. The molecule has 0 bridgehead atoms. The van der Waals surface area contributed by atoms with E-state index in [4.69, 9.17) is 23.2 Å². The lowest BCUT2D eigenvalue weighted by Crippen LogP contribution is -2.32. The van der Waals surface area contributed by atoms with Gasteiger partial charge in [-0.1, -0.05) is 36.2 Å². The van der Waals surface area contributed by atoms with Crippen LogP contribution in [0.15, 0.2) is 24.4 Å². The number of benzene rings is 1. The number of nitrogens with zero attached hydrogens (tertiary/aromatic N) is 3. The summed E-state index contributed by atoms with van der Waals surface area (Å²) in [5.74, 6) is -1.03. The first-order valence-electron chi connectivity index (χ1n) is 9.36. The van der Waals surface area contributed by atoms with Crippen molar-refractivity contribution in [2.24, 2.45) is 0 Å². The zero-order valence-electron chi connectivity index (χ0n) is 16.0. The monoisotopic (exact) mass is 425 g/mol. The highest BCUT2D eigenvalue weighted by Gasteiger charge is 2.27. The lowest BCUT2D eigenvalue weighted by atomic mass is 10.2. The van der Waals surface area contributed by atoms with E-state index in [0.29, 0.717) is 29.2 Å². The molecular weight excluding hydrogens is 401 g/mol. The van der Waals surface area contributed by atoms with Crippen LogP contribution in [0.3, 0.4) is 0 Å². The molecular formula is C20H25Cl2N3O3. The highest BCUT2D eigenvalue weighted by atomic mass is 35.5. The van der Waals surface area contributed by atoms with Gasteiger partial charge in [0.25, 0.3) is 5.91 Å². The molecule has 2 heterocycles. The quantitative estimate of drug-likeness (QED) is 0.734. The summed E-state index contributed by atoms with van der Waals surface area (Å²) < 4.78 is 1.56. The first kappa shape index (κ1) is 20.8. The van der Waals surface area contributed by atoms with Gasteiger partial charge in [-0.05, 0) is 43.6 Å². The van der Waals surface area contributed by atoms with Gasteiger partial charge in [0.1, 0.15) is 5.56 Å². The van der Waals surface area contributed by atoms with Gasteiger partial charge in [-0.15, -0.1) is 0 Å². The summed E-state index contributed by atoms with van der Waals surface area (Å²) in [5, 5.41) is 21.5. The van der Waals surface area contributed by atoms with E-state index in [0.717, 1.165) is 31.5 Å². The van der Waals surface area contributed by atoms with Crippen molar-refractivity contribution < 1.29 is 15.0 Å². The summed E-state index contributed by atoms with van der Waals surface area (Å²) in [6, 6.07) is 5.47. The number of rotatable bonds is 6. The fourth-order valence-corrected chi connectivity index (χ4v) is 4.09. The van der Waals surface area contributed by atoms with Gasteiger partial charge < -0.3 is 19.7 Å². The summed E-state index contributed by atoms with van der Waals surface area (Å²) in [4.78, 5) is 16.6. The van der Waals surface area contributed by atoms with Crippen molar-refractivity contribution in [3.8, 4) is 11.6 Å². The molecule has 0 spiro atoms. The van der Waals surface area contributed by atoms with E-state index >= 15 is 0 Å². The normalized spacial score (nSPS) is 17.2. The van der Waals surface area contributed by atoms with Gasteiger partial charge in [0, 0.05) is 32.4 Å². The second-order valence-corrected chi connectivity index (χ2v) is 8.02. The third kappa shape index (κ3) is 4.24. The van der Waals surface area contributed by atoms with Gasteiger partial charge in [-0.3, -0.25) is 9.69 Å². The Bertz CT molecular complexity index is 869. The number of hydrogen-bond acceptors (Lipinski definition) is 4. The van der Waals surface area contributed by atoms with Crippen LogP contribution in [-0.2, 0) is 13.1 Å². The predicted octanol–water partition coefficient (Wildman–Crippen LogP) is 3.96. The maximum absolute atomic E-state index is 12.8. The lowest BCUT2D eigenvalue weighted by molar-refractivity contribution is 0.0782. The number of amides is 1. The van der Waals surface area contributed by atoms with Crippen LogP contribution in [0.2, 0.25) is 10.0 Å². The van der Waals surface area contributed by atoms with Crippen LogP contribution >= 0.6 is 23.2 Å². The van der Waals surface area contributed by atoms with E-state index in [1.54, 1.807) is 29.8 Å². The smallest absolute Gasteiger partial charge is 0.259 e. The fourth-order valence-electron chi connectivity index (χ4n) is 3.76. The summed E-state index contributed by atoms with van der Waals surface area (Å²) in [5.41, 5.74) is 0.902. The molecule has 3 rings (SSSR count). The molecule has 28 heavy (non-hydrogen) atoms. The Morgan fingerprint density at radius 2 is 2.04 bits per heavy atom. The van der Waals surface area contributed by atoms with Crippen molar-refractivity contribution >= 4 is 29.1 Å². The van der Waals surface area contributed by atoms with Crippen molar-refractivity contribution in [3.63, 3.8) is 0 Å². The zero-order chi connectivity index (χ0) is 20.4. The van der Waals surface area contributed by atoms with Crippen LogP contribution in [0.4, 0.5) is 0 Å². The van der Waals surface area contributed by atoms with Gasteiger partial charge in [-0.25, -0.2) is 0 Å². The molecule has 1 aromatic carbocycles. The van der Waals surface area contributed by atoms with E-state index in [2.05, 4.69) is 11.8 Å². The van der Waals surface area contributed by atoms with E-state index in [1.807, 2.05) is 0 Å². The first-order chi connectivity index (χ1) is 13.3. The van der Waals surface area contributed by atoms with Gasteiger partial charge in [0.15, 0.2) is 5.75 Å². The standard InChI is InChI=1S/C20H25Cl2N3O3/c1-3-24-8-4-5-14(24)11-25-12-15(18(26)20(25)28)19(27)23(2)10-13-6-7-16(21)17(22)9-13/h6-7,9,12,14,26,28H,3-5,8,10-11H2,1-2H3. The number of aromatic hydroxyl groups is 2. The van der Waals surface area contributed by atoms with Crippen LogP contribution in [0.5, 0.6) is 11.6 Å². The van der Waals surface area contributed by atoms with E-state index in [-0.39, 0.29) is 23.1 Å². The van der Waals surface area contributed by atoms with Crippen LogP contribution in [0, 0.1) is 0 Å². The second kappa shape index (κ2) is 8.64. The van der Waals surface area contributed by atoms with Crippen LogP contribution in [-0.4, -0.2) is 56.7 Å². The molecule has 0 radical (unpaired) electrons. The SMILES string of the molecule is CCN1CCCC1Cn1cc(C(=O)N(C)Cc2ccc(Cl)c(Cl)c2)c(O)c1O. The molecule has 1 aromatic heterocycles. The molecule has 1 saturated heterocycles. The van der Waals surface area contributed by atoms with E-state index in [9.17, 15) is 15.0 Å². The Labute approximate surface area is 174 Å². The highest BCUT2D eigenvalue weighted by molar-refractivity contribution is 6.42. The van der Waals surface area contributed by atoms with Gasteiger partial charge in [0.05, 0.1) is 10.0 Å². The Morgan fingerprint density at radius 1 is 1.29 bits per heavy atom. The first-order valence-corrected chi connectivity index (χ1v) is 10.1. The molecule has 2 aromatic rings. The molecule has 1 aliphatic heterocycles. The van der Waals surface area contributed by atoms with Crippen molar-refractivity contribution in [1.82, 2.24) is 14.4 Å². The topological polar surface area (TPSA) is 68.9 Å². The minimum Gasteiger partial charge on any atom is -0.503 e. The Kier molecular flexibility index (Phi) is 6.43. The summed E-state index contributed by atoms with van der Waals surface area (Å²) >= 11 is 12.0. The summed E-state index contributed by atoms with van der Waals surface area (Å²) in [6.07, 6.45) is 3.68. The fraction of sp³-hybridized carbons (Fsp3) is 0.450. The zero-order valence-corrected chi connectivity index (χ0v) is 17.5. The molecule has 0 aliphatic carbocycles. The largest absolute Gasteiger partial charge is 0.503 e. The minimum atomic E-state index is -0.382. The Balaban J connectivity index is 1.75. The molecule has 152 valence electrons. The van der Waals surface area contributed by atoms with Gasteiger partial charge in [-0.2, -0.15) is 0 Å². The number of aromatic nitrogens is 1. The highest BCUT2D eigenvalue weighted by Crippen LogP contribution is 2.33. The Hall–Kier alpha value is -1.89. The molecule has 2 N–H and O–H groups in total. The maximum atomic E-state index is 12.8. The molecule has 1 atom stereocenters. The molecule has 0 saturated carbocycles. The number of likely N-dealkylation sites (N-methyl/N-ethyl adjacent to an activating group) is 1. The second-order valence-electron chi connectivity index (χ2n) is 7.20. The predicted molar refractivity (Wildman–Crippen MR) is 110 cm³/mol. The number of likely N-dealkylation sites (tertiary alicyclic amines) is 1. The average molecular weight is 426 g/mol. The van der Waals surface area contributed by atoms with Crippen LogP contribution < -0.4 is 0 Å². The summed E-state index contributed by atoms with van der Waals surface area (Å²) in [7, 11) is 1.63. The average Bonchev–Trinajstić information content (AvgIpc) is 3.23. The summed E-state index contributed by atoms with van der Waals surface area (Å²) in [6.45, 7) is 4.92. The van der Waals surface area contributed by atoms with Crippen LogP contribution in [0.25, 0.3) is 0 Å². The molecule has 1 unspecified atom stereocenters. The Morgan fingerprint density at radius 3 is 2.71 bits per heavy atom. The lowest BCUT2D eigenvalue weighted by Gasteiger charge is -2.23. The number of carbonyl (C=O) groups excluding carboxylic acids is 1. The van der Waals surface area contributed by atoms with Gasteiger partial charge >= 0.3 is 0 Å². The van der Waals surface area contributed by atoms with Gasteiger partial charge in [0.2, 0.25) is 5.88 Å². The number of hydrogen-bond donors (Lipinski definition) is 2. The van der Waals surface area contributed by atoms with Crippen LogP contribution in [0.1, 0.15) is 35.7 Å². The molecule has 1 fully saturated rings. The van der Waals surface area contributed by atoms with Crippen molar-refractivity contribution in [1.29, 1.82) is 0 Å². The van der Waals surface area contributed by atoms with Crippen molar-refractivity contribution in [2.45, 2.75) is 38.9 Å². The minimum absolute atomic E-state index is 0.0844. The third-order valence-corrected chi connectivity index (χ3v) is 6.06.